The second-order valence-corrected chi connectivity index (χ2v) is 9.12. The van der Waals surface area contributed by atoms with Gasteiger partial charge in [-0.15, -0.1) is 5.10 Å². The summed E-state index contributed by atoms with van der Waals surface area (Å²) in [4.78, 5) is 18.0. The summed E-state index contributed by atoms with van der Waals surface area (Å²) in [5.41, 5.74) is 10.8. The van der Waals surface area contributed by atoms with Gasteiger partial charge < -0.3 is 20.5 Å². The number of aromatic nitrogens is 3. The zero-order valence-electron chi connectivity index (χ0n) is 19.8. The minimum Gasteiger partial charge on any atom is -0.493 e. The Morgan fingerprint density at radius 3 is 2.41 bits per heavy atom. The van der Waals surface area contributed by atoms with Gasteiger partial charge in [-0.1, -0.05) is 44.2 Å². The van der Waals surface area contributed by atoms with E-state index in [2.05, 4.69) is 53.5 Å². The Bertz CT molecular complexity index is 1280. The van der Waals surface area contributed by atoms with Crippen LogP contribution in [0.2, 0.25) is 0 Å². The van der Waals surface area contributed by atoms with Crippen LogP contribution in [-0.2, 0) is 4.79 Å². The Morgan fingerprint density at radius 2 is 1.74 bits per heavy atom. The molecule has 3 aromatic rings. The normalized spacial score (nSPS) is 19.5. The number of nitrogens with zero attached hydrogens (tertiary/aromatic N) is 3. The van der Waals surface area contributed by atoms with E-state index < -0.39 is 0 Å². The number of Topliss-reactive ketones (excluding diaryl/α,β-unsaturated/α-hetero) is 1. The van der Waals surface area contributed by atoms with Gasteiger partial charge in [0.05, 0.1) is 14.2 Å². The number of nitrogens with one attached hydrogen (secondary N) is 1. The summed E-state index contributed by atoms with van der Waals surface area (Å²) < 4.78 is 12.6. The molecule has 34 heavy (non-hydrogen) atoms. The molecule has 3 N–H and O–H groups in total. The number of ketones is 1. The van der Waals surface area contributed by atoms with Gasteiger partial charge in [0.15, 0.2) is 17.3 Å². The van der Waals surface area contributed by atoms with Crippen LogP contribution in [0, 0.1) is 0 Å². The minimum absolute atomic E-state index is 0.00865. The molecule has 0 radical (unpaired) electrons. The van der Waals surface area contributed by atoms with Gasteiger partial charge in [-0.05, 0) is 47.1 Å². The van der Waals surface area contributed by atoms with Crippen molar-refractivity contribution in [3.63, 3.8) is 0 Å². The topological polar surface area (TPSA) is 104 Å². The Hall–Kier alpha value is -3.81. The van der Waals surface area contributed by atoms with Gasteiger partial charge in [-0.2, -0.15) is 4.98 Å². The van der Waals surface area contributed by atoms with E-state index in [1.165, 1.54) is 5.56 Å². The van der Waals surface area contributed by atoms with E-state index >= 15 is 0 Å². The van der Waals surface area contributed by atoms with Crippen LogP contribution in [0.15, 0.2) is 53.7 Å². The van der Waals surface area contributed by atoms with Gasteiger partial charge in [0.2, 0.25) is 11.9 Å². The molecule has 0 amide bonds. The van der Waals surface area contributed by atoms with Crippen LogP contribution in [0.5, 0.6) is 11.5 Å². The summed E-state index contributed by atoms with van der Waals surface area (Å²) in [6.07, 6.45) is 1.07. The fraction of sp³-hybridized carbons (Fsp3) is 0.346. The maximum absolute atomic E-state index is 13.6. The molecular weight excluding hydrogens is 430 g/mol. The highest BCUT2D eigenvalue weighted by atomic mass is 16.5. The number of hydrogen-bond donors (Lipinski definition) is 2. The number of nitrogens with two attached hydrogens (primary N) is 1. The van der Waals surface area contributed by atoms with Crippen LogP contribution in [0.4, 0.5) is 11.9 Å². The Balaban J connectivity index is 1.55. The number of anilines is 2. The third-order valence-electron chi connectivity index (χ3n) is 6.73. The number of nitrogen functional groups attached to an aromatic ring is 1. The molecule has 2 atom stereocenters. The van der Waals surface area contributed by atoms with Gasteiger partial charge in [0, 0.05) is 17.7 Å². The average Bonchev–Trinajstić information content (AvgIpc) is 3.21. The molecule has 0 saturated heterocycles. The molecule has 2 unspecified atom stereocenters. The highest BCUT2D eigenvalue weighted by molar-refractivity contribution is 6.00. The highest BCUT2D eigenvalue weighted by Crippen LogP contribution is 2.45. The van der Waals surface area contributed by atoms with Crippen molar-refractivity contribution in [2.75, 3.05) is 25.3 Å². The van der Waals surface area contributed by atoms with Crippen LogP contribution in [0.3, 0.4) is 0 Å². The zero-order valence-corrected chi connectivity index (χ0v) is 19.8. The number of carbonyl (C=O) groups excluding carboxylic acids is 1. The number of hydrogen-bond acceptors (Lipinski definition) is 7. The number of rotatable bonds is 5. The second kappa shape index (κ2) is 8.52. The van der Waals surface area contributed by atoms with Crippen molar-refractivity contribution >= 4 is 17.7 Å². The summed E-state index contributed by atoms with van der Waals surface area (Å²) in [6.45, 7) is 4.32. The van der Waals surface area contributed by atoms with E-state index in [-0.39, 0.29) is 23.7 Å². The molecule has 8 heteroatoms. The third-order valence-corrected chi connectivity index (χ3v) is 6.73. The van der Waals surface area contributed by atoms with E-state index in [9.17, 15) is 4.79 Å². The molecule has 2 heterocycles. The molecule has 0 fully saturated rings. The number of carbonyl (C=O) groups is 1. The number of benzene rings is 2. The van der Waals surface area contributed by atoms with Crippen molar-refractivity contribution in [2.24, 2.45) is 0 Å². The first-order valence-corrected chi connectivity index (χ1v) is 11.5. The molecule has 0 spiro atoms. The van der Waals surface area contributed by atoms with Gasteiger partial charge in [-0.25, -0.2) is 4.68 Å². The van der Waals surface area contributed by atoms with Crippen molar-refractivity contribution < 1.29 is 14.3 Å². The number of allylic oxidation sites excluding steroid dienone is 2. The Labute approximate surface area is 198 Å². The lowest BCUT2D eigenvalue weighted by Crippen LogP contribution is -2.33. The molecule has 2 aromatic carbocycles. The van der Waals surface area contributed by atoms with E-state index in [0.717, 1.165) is 22.4 Å². The minimum atomic E-state index is -0.365. The molecule has 0 saturated carbocycles. The quantitative estimate of drug-likeness (QED) is 0.582. The van der Waals surface area contributed by atoms with Crippen molar-refractivity contribution in [3.05, 3.63) is 70.4 Å². The molecule has 0 bridgehead atoms. The fourth-order valence-electron chi connectivity index (χ4n) is 4.94. The van der Waals surface area contributed by atoms with Crippen LogP contribution < -0.4 is 20.5 Å². The third kappa shape index (κ3) is 3.69. The maximum Gasteiger partial charge on any atom is 0.241 e. The van der Waals surface area contributed by atoms with Crippen LogP contribution in [-0.4, -0.2) is 34.8 Å². The smallest absolute Gasteiger partial charge is 0.241 e. The number of fused-ring (bicyclic) bond motifs is 1. The summed E-state index contributed by atoms with van der Waals surface area (Å²) in [5, 5.41) is 7.76. The van der Waals surface area contributed by atoms with Crippen molar-refractivity contribution in [2.45, 2.75) is 44.6 Å². The highest BCUT2D eigenvalue weighted by Gasteiger charge is 2.39. The molecular formula is C26H29N5O3. The predicted molar refractivity (Wildman–Crippen MR) is 130 cm³/mol. The zero-order chi connectivity index (χ0) is 24.0. The molecule has 176 valence electrons. The molecule has 2 aliphatic rings. The Kier molecular flexibility index (Phi) is 5.51. The summed E-state index contributed by atoms with van der Waals surface area (Å²) in [5.74, 6) is 2.57. The largest absolute Gasteiger partial charge is 0.493 e. The summed E-state index contributed by atoms with van der Waals surface area (Å²) >= 11 is 0. The predicted octanol–water partition coefficient (Wildman–Crippen LogP) is 4.42. The average molecular weight is 460 g/mol. The second-order valence-electron chi connectivity index (χ2n) is 9.12. The van der Waals surface area contributed by atoms with E-state index in [0.29, 0.717) is 36.2 Å². The first-order chi connectivity index (χ1) is 16.4. The van der Waals surface area contributed by atoms with Gasteiger partial charge in [0.25, 0.3) is 0 Å². The van der Waals surface area contributed by atoms with E-state index in [1.54, 1.807) is 18.9 Å². The van der Waals surface area contributed by atoms with E-state index in [4.69, 9.17) is 15.2 Å². The molecule has 1 aromatic heterocycles. The van der Waals surface area contributed by atoms with Crippen molar-refractivity contribution in [1.82, 2.24) is 14.8 Å². The number of ether oxygens (including phenoxy) is 2. The summed E-state index contributed by atoms with van der Waals surface area (Å²) in [7, 11) is 3.23. The molecule has 8 nitrogen and oxygen atoms in total. The SMILES string of the molecule is COc1ccc(C2CC(=O)C3=C(C2)Nc2nc(N)nn2C3c2ccc(C(C)C)cc2)cc1OC. The molecule has 1 aliphatic heterocycles. The lowest BCUT2D eigenvalue weighted by atomic mass is 9.77. The Morgan fingerprint density at radius 1 is 1.03 bits per heavy atom. The van der Waals surface area contributed by atoms with Crippen LogP contribution in [0.25, 0.3) is 0 Å². The van der Waals surface area contributed by atoms with Gasteiger partial charge in [-0.3, -0.25) is 4.79 Å². The van der Waals surface area contributed by atoms with Gasteiger partial charge in [0.1, 0.15) is 6.04 Å². The molecule has 5 rings (SSSR count). The van der Waals surface area contributed by atoms with Crippen LogP contribution in [0.1, 0.15) is 61.3 Å². The standard InChI is InChI=1S/C26H29N5O3/c1-14(2)15-5-7-16(8-6-15)24-23-19(28-26-29-25(27)30-31(24)26)11-18(12-20(23)32)17-9-10-21(33-3)22(13-17)34-4/h5-10,13-14,18,24H,11-12H2,1-4H3,(H3,27,28,29,30). The number of methoxy groups -OCH3 is 2. The summed E-state index contributed by atoms with van der Waals surface area (Å²) in [6, 6.07) is 13.8. The first kappa shape index (κ1) is 22.0. The maximum atomic E-state index is 13.6. The van der Waals surface area contributed by atoms with E-state index in [1.807, 2.05) is 18.2 Å². The lowest BCUT2D eigenvalue weighted by Gasteiger charge is -2.35. The van der Waals surface area contributed by atoms with Gasteiger partial charge >= 0.3 is 0 Å². The first-order valence-electron chi connectivity index (χ1n) is 11.5. The van der Waals surface area contributed by atoms with Crippen LogP contribution >= 0.6 is 0 Å². The molecule has 1 aliphatic carbocycles. The van der Waals surface area contributed by atoms with Crippen molar-refractivity contribution in [1.29, 1.82) is 0 Å². The fourth-order valence-corrected chi connectivity index (χ4v) is 4.94. The monoisotopic (exact) mass is 459 g/mol. The lowest BCUT2D eigenvalue weighted by molar-refractivity contribution is -0.116. The van der Waals surface area contributed by atoms with Crippen molar-refractivity contribution in [3.8, 4) is 11.5 Å².